The monoisotopic (exact) mass is 409 g/mol. The molecule has 1 saturated carbocycles. The zero-order chi connectivity index (χ0) is 14.4. The van der Waals surface area contributed by atoms with Crippen LogP contribution in [0.4, 0.5) is 5.00 Å². The summed E-state index contributed by atoms with van der Waals surface area (Å²) in [5.41, 5.74) is -0.115. The highest BCUT2D eigenvalue weighted by molar-refractivity contribution is 9.25. The van der Waals surface area contributed by atoms with Crippen molar-refractivity contribution in [2.75, 3.05) is 12.4 Å². The van der Waals surface area contributed by atoms with Gasteiger partial charge in [-0.3, -0.25) is 4.79 Å². The highest BCUT2D eigenvalue weighted by Crippen LogP contribution is 2.66. The van der Waals surface area contributed by atoms with Crippen LogP contribution in [0, 0.1) is 12.3 Å². The lowest BCUT2D eigenvalue weighted by Crippen LogP contribution is -2.26. The van der Waals surface area contributed by atoms with Crippen LogP contribution < -0.4 is 5.32 Å². The molecule has 1 atom stereocenters. The zero-order valence-corrected chi connectivity index (χ0v) is 14.7. The van der Waals surface area contributed by atoms with Gasteiger partial charge in [-0.2, -0.15) is 0 Å². The van der Waals surface area contributed by atoms with E-state index in [1.54, 1.807) is 6.07 Å². The molecule has 1 heterocycles. The Bertz CT molecular complexity index is 555. The second kappa shape index (κ2) is 4.86. The first-order valence-electron chi connectivity index (χ1n) is 5.59. The Balaban J connectivity index is 2.21. The van der Waals surface area contributed by atoms with Gasteiger partial charge in [0.1, 0.15) is 5.00 Å². The number of carbonyl (C=O) groups excluding carboxylic acids is 2. The molecule has 1 amide bonds. The molecule has 0 aliphatic heterocycles. The Kier molecular flexibility index (Phi) is 3.83. The maximum absolute atomic E-state index is 12.3. The van der Waals surface area contributed by atoms with E-state index in [2.05, 4.69) is 37.2 Å². The highest BCUT2D eigenvalue weighted by Gasteiger charge is 2.66. The van der Waals surface area contributed by atoms with E-state index in [0.717, 1.165) is 4.88 Å². The number of thiophene rings is 1. The molecular weight excluding hydrogens is 398 g/mol. The molecule has 0 radical (unpaired) electrons. The standard InChI is InChI=1S/C12H13Br2NO3S/c1-6-4-7(9(16)18-3)8(19-6)15-10(17)11(2)5-12(11,13)14/h4H,5H2,1-3H3,(H,15,17)/t11-/m1/s1. The summed E-state index contributed by atoms with van der Waals surface area (Å²) < 4.78 is 4.36. The average molecular weight is 411 g/mol. The number of alkyl halides is 2. The number of hydrogen-bond donors (Lipinski definition) is 1. The van der Waals surface area contributed by atoms with Crippen molar-refractivity contribution in [3.05, 3.63) is 16.5 Å². The van der Waals surface area contributed by atoms with Gasteiger partial charge in [-0.05, 0) is 26.3 Å². The second-order valence-electron chi connectivity index (χ2n) is 4.76. The number of esters is 1. The van der Waals surface area contributed by atoms with Crippen LogP contribution in [-0.2, 0) is 9.53 Å². The van der Waals surface area contributed by atoms with E-state index in [0.29, 0.717) is 17.0 Å². The topological polar surface area (TPSA) is 55.4 Å². The van der Waals surface area contributed by atoms with Gasteiger partial charge in [0.2, 0.25) is 5.91 Å². The third-order valence-electron chi connectivity index (χ3n) is 3.25. The van der Waals surface area contributed by atoms with Crippen LogP contribution >= 0.6 is 43.2 Å². The van der Waals surface area contributed by atoms with Crippen molar-refractivity contribution >= 4 is 60.1 Å². The number of halogens is 2. The Morgan fingerprint density at radius 3 is 2.53 bits per heavy atom. The normalized spacial score (nSPS) is 23.8. The number of methoxy groups -OCH3 is 1. The quantitative estimate of drug-likeness (QED) is 0.610. The minimum Gasteiger partial charge on any atom is -0.465 e. The van der Waals surface area contributed by atoms with Gasteiger partial charge in [0, 0.05) is 4.88 Å². The molecule has 0 aromatic carbocycles. The number of aryl methyl sites for hydroxylation is 1. The minimum absolute atomic E-state index is 0.117. The average Bonchev–Trinajstić information content (AvgIpc) is 2.67. The van der Waals surface area contributed by atoms with Gasteiger partial charge in [-0.15, -0.1) is 11.3 Å². The summed E-state index contributed by atoms with van der Waals surface area (Å²) in [7, 11) is 1.32. The molecular formula is C12H13Br2NO3S. The molecule has 104 valence electrons. The lowest BCUT2D eigenvalue weighted by atomic mass is 10.1. The summed E-state index contributed by atoms with van der Waals surface area (Å²) in [6.07, 6.45) is 0.698. The van der Waals surface area contributed by atoms with Gasteiger partial charge in [-0.1, -0.05) is 31.9 Å². The minimum atomic E-state index is -0.516. The van der Waals surface area contributed by atoms with E-state index >= 15 is 0 Å². The molecule has 0 unspecified atom stereocenters. The van der Waals surface area contributed by atoms with E-state index in [4.69, 9.17) is 4.74 Å². The molecule has 1 fully saturated rings. The molecule has 1 aliphatic rings. The number of anilines is 1. The van der Waals surface area contributed by atoms with Crippen LogP contribution in [0.2, 0.25) is 0 Å². The Morgan fingerprint density at radius 2 is 2.05 bits per heavy atom. The zero-order valence-electron chi connectivity index (χ0n) is 10.7. The van der Waals surface area contributed by atoms with E-state index < -0.39 is 11.4 Å². The van der Waals surface area contributed by atoms with Crippen LogP contribution in [0.15, 0.2) is 6.07 Å². The summed E-state index contributed by atoms with van der Waals surface area (Å²) in [4.78, 5) is 24.8. The number of carbonyl (C=O) groups is 2. The van der Waals surface area contributed by atoms with E-state index in [1.807, 2.05) is 13.8 Å². The first-order valence-corrected chi connectivity index (χ1v) is 7.99. The summed E-state index contributed by atoms with van der Waals surface area (Å²) >= 11 is 8.28. The largest absolute Gasteiger partial charge is 0.465 e. The van der Waals surface area contributed by atoms with Crippen LogP contribution in [0.3, 0.4) is 0 Å². The fraction of sp³-hybridized carbons (Fsp3) is 0.500. The van der Waals surface area contributed by atoms with E-state index in [1.165, 1.54) is 18.4 Å². The SMILES string of the molecule is COC(=O)c1cc(C)sc1NC(=O)[C@@]1(C)CC1(Br)Br. The first-order chi connectivity index (χ1) is 8.71. The van der Waals surface area contributed by atoms with Crippen LogP contribution in [0.1, 0.15) is 28.6 Å². The molecule has 1 aliphatic carbocycles. The van der Waals surface area contributed by atoms with Crippen molar-refractivity contribution in [1.82, 2.24) is 0 Å². The number of amides is 1. The predicted molar refractivity (Wildman–Crippen MR) is 82.3 cm³/mol. The van der Waals surface area contributed by atoms with Gasteiger partial charge in [0.15, 0.2) is 0 Å². The van der Waals surface area contributed by atoms with Crippen molar-refractivity contribution in [2.45, 2.75) is 23.5 Å². The number of nitrogens with one attached hydrogen (secondary N) is 1. The van der Waals surface area contributed by atoms with Gasteiger partial charge in [-0.25, -0.2) is 4.79 Å². The molecule has 4 nitrogen and oxygen atoms in total. The van der Waals surface area contributed by atoms with Crippen molar-refractivity contribution < 1.29 is 14.3 Å². The lowest BCUT2D eigenvalue weighted by molar-refractivity contribution is -0.120. The van der Waals surface area contributed by atoms with Crippen molar-refractivity contribution in [2.24, 2.45) is 5.41 Å². The number of hydrogen-bond acceptors (Lipinski definition) is 4. The summed E-state index contributed by atoms with van der Waals surface area (Å²) in [6, 6.07) is 1.72. The Labute approximate surface area is 132 Å². The van der Waals surface area contributed by atoms with Crippen LogP contribution in [0.5, 0.6) is 0 Å². The fourth-order valence-electron chi connectivity index (χ4n) is 1.76. The molecule has 7 heteroatoms. The van der Waals surface area contributed by atoms with Gasteiger partial charge < -0.3 is 10.1 Å². The molecule has 0 bridgehead atoms. The van der Waals surface area contributed by atoms with E-state index in [-0.39, 0.29) is 9.14 Å². The third kappa shape index (κ3) is 2.60. The fourth-order valence-corrected chi connectivity index (χ4v) is 4.13. The third-order valence-corrected chi connectivity index (χ3v) is 6.52. The smallest absolute Gasteiger partial charge is 0.340 e. The maximum Gasteiger partial charge on any atom is 0.340 e. The Morgan fingerprint density at radius 1 is 1.47 bits per heavy atom. The first kappa shape index (κ1) is 15.0. The predicted octanol–water partition coefficient (Wildman–Crippen LogP) is 3.68. The second-order valence-corrected chi connectivity index (χ2v) is 9.79. The maximum atomic E-state index is 12.3. The van der Waals surface area contributed by atoms with Gasteiger partial charge in [0.05, 0.1) is 21.3 Å². The molecule has 1 N–H and O–H groups in total. The highest BCUT2D eigenvalue weighted by atomic mass is 79.9. The van der Waals surface area contributed by atoms with Gasteiger partial charge in [0.25, 0.3) is 0 Å². The van der Waals surface area contributed by atoms with E-state index in [9.17, 15) is 9.59 Å². The summed E-state index contributed by atoms with van der Waals surface area (Å²) in [6.45, 7) is 3.75. The van der Waals surface area contributed by atoms with Gasteiger partial charge >= 0.3 is 5.97 Å². The number of rotatable bonds is 3. The molecule has 2 rings (SSSR count). The summed E-state index contributed by atoms with van der Waals surface area (Å²) in [5, 5.41) is 3.36. The molecule has 1 aromatic heterocycles. The summed E-state index contributed by atoms with van der Waals surface area (Å²) in [5.74, 6) is -0.558. The molecule has 1 aromatic rings. The molecule has 0 saturated heterocycles. The van der Waals surface area contributed by atoms with Crippen molar-refractivity contribution in [1.29, 1.82) is 0 Å². The Hall–Kier alpha value is -0.400. The van der Waals surface area contributed by atoms with Crippen molar-refractivity contribution in [3.63, 3.8) is 0 Å². The van der Waals surface area contributed by atoms with Crippen LogP contribution in [-0.4, -0.2) is 22.2 Å². The number of ether oxygens (including phenoxy) is 1. The molecule has 0 spiro atoms. The van der Waals surface area contributed by atoms with Crippen LogP contribution in [0.25, 0.3) is 0 Å². The van der Waals surface area contributed by atoms with Crippen molar-refractivity contribution in [3.8, 4) is 0 Å². The molecule has 19 heavy (non-hydrogen) atoms. The lowest BCUT2D eigenvalue weighted by Gasteiger charge is -2.12.